The van der Waals surface area contributed by atoms with Crippen molar-refractivity contribution in [3.05, 3.63) is 0 Å². The monoisotopic (exact) mass is 194 g/mol. The Bertz CT molecular complexity index is 145. The Morgan fingerprint density at radius 1 is 1.75 bits per heavy atom. The Balaban J connectivity index is 3.56. The number of hydrogen-bond acceptors (Lipinski definition) is 5. The summed E-state index contributed by atoms with van der Waals surface area (Å²) in [6.45, 7) is 1.39. The highest BCUT2D eigenvalue weighted by atomic mass is 32.2. The summed E-state index contributed by atoms with van der Waals surface area (Å²) in [6.07, 6.45) is -0.775. The highest BCUT2D eigenvalue weighted by molar-refractivity contribution is 8.00. The summed E-state index contributed by atoms with van der Waals surface area (Å²) in [7, 11) is 0. The van der Waals surface area contributed by atoms with Crippen molar-refractivity contribution in [2.75, 3.05) is 12.4 Å². The van der Waals surface area contributed by atoms with Gasteiger partial charge in [-0.2, -0.15) is 0 Å². The molecule has 0 heterocycles. The second-order valence-electron chi connectivity index (χ2n) is 2.32. The second-order valence-corrected chi connectivity index (χ2v) is 3.69. The van der Waals surface area contributed by atoms with E-state index in [2.05, 4.69) is 0 Å². The van der Waals surface area contributed by atoms with Crippen LogP contribution in [-0.2, 0) is 4.79 Å². The summed E-state index contributed by atoms with van der Waals surface area (Å²) in [6, 6.07) is 0. The zero-order valence-electron chi connectivity index (χ0n) is 6.86. The average molecular weight is 194 g/mol. The summed E-state index contributed by atoms with van der Waals surface area (Å²) < 4.78 is 0. The molecule has 0 aromatic heterocycles. The summed E-state index contributed by atoms with van der Waals surface area (Å²) in [4.78, 5) is 10.8. The van der Waals surface area contributed by atoms with Crippen LogP contribution < -0.4 is 11.3 Å². The SMILES string of the molecule is CC(SCC(O)CO)C(=O)NN. The van der Waals surface area contributed by atoms with Crippen molar-refractivity contribution in [2.24, 2.45) is 5.84 Å². The van der Waals surface area contributed by atoms with Crippen LogP contribution in [-0.4, -0.2) is 39.8 Å². The van der Waals surface area contributed by atoms with Gasteiger partial charge in [0.05, 0.1) is 18.0 Å². The Morgan fingerprint density at radius 3 is 2.75 bits per heavy atom. The quantitative estimate of drug-likeness (QED) is 0.241. The fourth-order valence-electron chi connectivity index (χ4n) is 0.501. The molecule has 1 amide bonds. The van der Waals surface area contributed by atoms with Gasteiger partial charge in [-0.3, -0.25) is 10.2 Å². The van der Waals surface area contributed by atoms with Gasteiger partial charge in [0.15, 0.2) is 0 Å². The van der Waals surface area contributed by atoms with E-state index in [4.69, 9.17) is 16.1 Å². The number of rotatable bonds is 5. The zero-order chi connectivity index (χ0) is 9.56. The van der Waals surface area contributed by atoms with E-state index in [0.717, 1.165) is 0 Å². The first-order valence-electron chi connectivity index (χ1n) is 3.52. The van der Waals surface area contributed by atoms with Crippen molar-refractivity contribution in [1.82, 2.24) is 5.43 Å². The molecule has 6 heteroatoms. The van der Waals surface area contributed by atoms with Crippen LogP contribution >= 0.6 is 11.8 Å². The smallest absolute Gasteiger partial charge is 0.246 e. The number of hydrogen-bond donors (Lipinski definition) is 4. The highest BCUT2D eigenvalue weighted by Gasteiger charge is 2.13. The standard InChI is InChI=1S/C6H14N2O3S/c1-4(6(11)8-7)12-3-5(10)2-9/h4-5,9-10H,2-3,7H2,1H3,(H,8,11). The van der Waals surface area contributed by atoms with Crippen molar-refractivity contribution in [3.8, 4) is 0 Å². The number of nitrogens with two attached hydrogens (primary N) is 1. The average Bonchev–Trinajstić information content (AvgIpc) is 2.11. The molecule has 72 valence electrons. The molecule has 2 atom stereocenters. The Kier molecular flexibility index (Phi) is 6.09. The normalized spacial score (nSPS) is 15.3. The molecular weight excluding hydrogens is 180 g/mol. The van der Waals surface area contributed by atoms with Crippen LogP contribution in [0.5, 0.6) is 0 Å². The second kappa shape index (κ2) is 6.24. The van der Waals surface area contributed by atoms with Crippen LogP contribution in [0.25, 0.3) is 0 Å². The Morgan fingerprint density at radius 2 is 2.33 bits per heavy atom. The van der Waals surface area contributed by atoms with E-state index in [1.807, 2.05) is 5.43 Å². The zero-order valence-corrected chi connectivity index (χ0v) is 7.67. The molecule has 2 unspecified atom stereocenters. The van der Waals surface area contributed by atoms with Gasteiger partial charge in [0.25, 0.3) is 0 Å². The maximum atomic E-state index is 10.8. The minimum absolute atomic E-state index is 0.287. The van der Waals surface area contributed by atoms with Crippen LogP contribution in [0.3, 0.4) is 0 Å². The largest absolute Gasteiger partial charge is 0.394 e. The van der Waals surface area contributed by atoms with Gasteiger partial charge in [0.1, 0.15) is 0 Å². The predicted molar refractivity (Wildman–Crippen MR) is 47.3 cm³/mol. The van der Waals surface area contributed by atoms with Gasteiger partial charge in [0.2, 0.25) is 5.91 Å². The molecule has 0 spiro atoms. The minimum atomic E-state index is -0.775. The third-order valence-electron chi connectivity index (χ3n) is 1.26. The topological polar surface area (TPSA) is 95.6 Å². The molecule has 5 nitrogen and oxygen atoms in total. The number of hydrazine groups is 1. The van der Waals surface area contributed by atoms with Gasteiger partial charge in [-0.1, -0.05) is 0 Å². The third kappa shape index (κ3) is 4.55. The number of carbonyl (C=O) groups is 1. The third-order valence-corrected chi connectivity index (χ3v) is 2.55. The molecule has 0 aliphatic heterocycles. The number of aliphatic hydroxyl groups excluding tert-OH is 2. The number of nitrogens with one attached hydrogen (secondary N) is 1. The maximum absolute atomic E-state index is 10.8. The van der Waals surface area contributed by atoms with Gasteiger partial charge in [-0.25, -0.2) is 5.84 Å². The molecule has 0 saturated heterocycles. The van der Waals surface area contributed by atoms with Gasteiger partial charge in [-0.05, 0) is 6.92 Å². The van der Waals surface area contributed by atoms with E-state index in [0.29, 0.717) is 5.75 Å². The lowest BCUT2D eigenvalue weighted by molar-refractivity contribution is -0.120. The van der Waals surface area contributed by atoms with Crippen molar-refractivity contribution in [3.63, 3.8) is 0 Å². The first kappa shape index (κ1) is 11.7. The Hall–Kier alpha value is -0.300. The van der Waals surface area contributed by atoms with Crippen molar-refractivity contribution in [1.29, 1.82) is 0 Å². The van der Waals surface area contributed by atoms with E-state index in [9.17, 15) is 4.79 Å². The summed E-state index contributed by atoms with van der Waals surface area (Å²) in [5, 5.41) is 17.1. The summed E-state index contributed by atoms with van der Waals surface area (Å²) in [5.41, 5.74) is 2.00. The first-order chi connectivity index (χ1) is 5.61. The van der Waals surface area contributed by atoms with Gasteiger partial charge < -0.3 is 10.2 Å². The van der Waals surface area contributed by atoms with E-state index in [1.54, 1.807) is 6.92 Å². The number of carbonyl (C=O) groups excluding carboxylic acids is 1. The lowest BCUT2D eigenvalue weighted by Crippen LogP contribution is -2.36. The van der Waals surface area contributed by atoms with E-state index >= 15 is 0 Å². The molecule has 12 heavy (non-hydrogen) atoms. The molecule has 0 bridgehead atoms. The minimum Gasteiger partial charge on any atom is -0.394 e. The van der Waals surface area contributed by atoms with Gasteiger partial charge in [0, 0.05) is 5.75 Å². The van der Waals surface area contributed by atoms with Gasteiger partial charge in [-0.15, -0.1) is 11.8 Å². The lowest BCUT2D eigenvalue weighted by atomic mass is 10.4. The van der Waals surface area contributed by atoms with Crippen molar-refractivity contribution >= 4 is 17.7 Å². The van der Waals surface area contributed by atoms with E-state index in [-0.39, 0.29) is 17.8 Å². The van der Waals surface area contributed by atoms with Crippen LogP contribution in [0.1, 0.15) is 6.92 Å². The number of aliphatic hydroxyl groups is 2. The fraction of sp³-hybridized carbons (Fsp3) is 0.833. The molecule has 0 aromatic carbocycles. The first-order valence-corrected chi connectivity index (χ1v) is 4.57. The molecule has 0 aromatic rings. The molecule has 0 fully saturated rings. The summed E-state index contributed by atoms with van der Waals surface area (Å²) in [5.74, 6) is 4.92. The van der Waals surface area contributed by atoms with Crippen LogP contribution in [0.15, 0.2) is 0 Å². The molecule has 0 aliphatic rings. The van der Waals surface area contributed by atoms with E-state index in [1.165, 1.54) is 11.8 Å². The number of thioether (sulfide) groups is 1. The predicted octanol–water partition coefficient (Wildman–Crippen LogP) is -1.55. The Labute approximate surface area is 75.3 Å². The molecule has 0 saturated carbocycles. The molecular formula is C6H14N2O3S. The molecule has 0 radical (unpaired) electrons. The summed E-state index contributed by atoms with van der Waals surface area (Å²) >= 11 is 1.24. The fourth-order valence-corrected chi connectivity index (χ4v) is 1.34. The van der Waals surface area contributed by atoms with Crippen LogP contribution in [0, 0.1) is 0 Å². The van der Waals surface area contributed by atoms with Crippen molar-refractivity contribution < 1.29 is 15.0 Å². The molecule has 0 aliphatic carbocycles. The van der Waals surface area contributed by atoms with Crippen LogP contribution in [0.4, 0.5) is 0 Å². The van der Waals surface area contributed by atoms with Crippen molar-refractivity contribution in [2.45, 2.75) is 18.3 Å². The van der Waals surface area contributed by atoms with Crippen LogP contribution in [0.2, 0.25) is 0 Å². The lowest BCUT2D eigenvalue weighted by Gasteiger charge is -2.11. The number of amides is 1. The maximum Gasteiger partial charge on any atom is 0.246 e. The van der Waals surface area contributed by atoms with E-state index < -0.39 is 6.10 Å². The van der Waals surface area contributed by atoms with Gasteiger partial charge >= 0.3 is 0 Å². The highest BCUT2D eigenvalue weighted by Crippen LogP contribution is 2.11. The molecule has 5 N–H and O–H groups in total. The molecule has 0 rings (SSSR count).